The topological polar surface area (TPSA) is 106 Å². The molecule has 1 rings (SSSR count). The summed E-state index contributed by atoms with van der Waals surface area (Å²) >= 11 is 5.80. The highest BCUT2D eigenvalue weighted by molar-refractivity contribution is 7.88. The van der Waals surface area contributed by atoms with Crippen molar-refractivity contribution >= 4 is 27.6 Å². The molecule has 0 atom stereocenters. The number of sulfonamides is 1. The molecule has 0 aliphatic heterocycles. The number of hydrogen-bond acceptors (Lipinski definition) is 7. The first kappa shape index (κ1) is 17.9. The van der Waals surface area contributed by atoms with Gasteiger partial charge in [0.15, 0.2) is 0 Å². The van der Waals surface area contributed by atoms with Gasteiger partial charge in [-0.05, 0) is 39.3 Å². The van der Waals surface area contributed by atoms with Gasteiger partial charge >= 0.3 is 6.01 Å². The number of anilines is 1. The zero-order chi connectivity index (χ0) is 16.3. The summed E-state index contributed by atoms with van der Waals surface area (Å²) in [7, 11) is -3.31. The maximum absolute atomic E-state index is 11.3. The molecule has 1 aromatic rings. The minimum atomic E-state index is -3.31. The summed E-state index contributed by atoms with van der Waals surface area (Å²) in [6.45, 7) is 7.40. The highest BCUT2D eigenvalue weighted by Crippen LogP contribution is 2.13. The van der Waals surface area contributed by atoms with E-state index in [9.17, 15) is 8.42 Å². The fraction of sp³-hybridized carbons (Fsp3) is 0.727. The molecule has 1 aromatic heterocycles. The Kier molecular flexibility index (Phi) is 5.71. The van der Waals surface area contributed by atoms with Crippen molar-refractivity contribution in [2.45, 2.75) is 39.3 Å². The number of hydrogen-bond donors (Lipinski definition) is 2. The molecule has 0 fully saturated rings. The van der Waals surface area contributed by atoms with Gasteiger partial charge in [0.1, 0.15) is 0 Å². The van der Waals surface area contributed by atoms with Crippen molar-refractivity contribution in [2.24, 2.45) is 0 Å². The van der Waals surface area contributed by atoms with E-state index < -0.39 is 15.6 Å². The van der Waals surface area contributed by atoms with Crippen molar-refractivity contribution in [2.75, 3.05) is 18.1 Å². The SMILES string of the molecule is CC(C)Oc1nc(Cl)nc(NCC(C)(C)NS(C)(=O)=O)n1. The second kappa shape index (κ2) is 6.71. The third-order valence-corrected chi connectivity index (χ3v) is 3.17. The van der Waals surface area contributed by atoms with Gasteiger partial charge in [-0.15, -0.1) is 0 Å². The number of nitrogens with zero attached hydrogens (tertiary/aromatic N) is 3. The van der Waals surface area contributed by atoms with E-state index >= 15 is 0 Å². The van der Waals surface area contributed by atoms with E-state index in [0.717, 1.165) is 6.26 Å². The second-order valence-electron chi connectivity index (χ2n) is 5.49. The largest absolute Gasteiger partial charge is 0.461 e. The molecular formula is C11H20ClN5O3S. The molecule has 0 aromatic carbocycles. The van der Waals surface area contributed by atoms with Crippen LogP contribution in [0.1, 0.15) is 27.7 Å². The van der Waals surface area contributed by atoms with E-state index in [1.165, 1.54) is 0 Å². The van der Waals surface area contributed by atoms with Crippen LogP contribution in [0.2, 0.25) is 5.28 Å². The van der Waals surface area contributed by atoms with Gasteiger partial charge in [0, 0.05) is 12.1 Å². The number of nitrogens with one attached hydrogen (secondary N) is 2. The van der Waals surface area contributed by atoms with Crippen LogP contribution in [0, 0.1) is 0 Å². The molecule has 0 bridgehead atoms. The van der Waals surface area contributed by atoms with Gasteiger partial charge in [0.05, 0.1) is 12.4 Å². The van der Waals surface area contributed by atoms with Gasteiger partial charge < -0.3 is 10.1 Å². The monoisotopic (exact) mass is 337 g/mol. The molecule has 0 amide bonds. The Labute approximate surface area is 129 Å². The van der Waals surface area contributed by atoms with Crippen LogP contribution in [0.15, 0.2) is 0 Å². The van der Waals surface area contributed by atoms with E-state index in [4.69, 9.17) is 16.3 Å². The summed E-state index contributed by atoms with van der Waals surface area (Å²) in [5.41, 5.74) is -0.717. The molecule has 120 valence electrons. The predicted molar refractivity (Wildman–Crippen MR) is 81.1 cm³/mol. The first-order valence-electron chi connectivity index (χ1n) is 6.28. The van der Waals surface area contributed by atoms with Gasteiger partial charge in [0.25, 0.3) is 0 Å². The average molecular weight is 338 g/mol. The second-order valence-corrected chi connectivity index (χ2v) is 7.58. The van der Waals surface area contributed by atoms with Crippen LogP contribution < -0.4 is 14.8 Å². The minimum absolute atomic E-state index is 0.00275. The molecule has 0 aliphatic carbocycles. The molecule has 0 aliphatic rings. The molecule has 0 spiro atoms. The van der Waals surface area contributed by atoms with Crippen molar-refractivity contribution in [3.05, 3.63) is 5.28 Å². The molecule has 1 heterocycles. The van der Waals surface area contributed by atoms with Gasteiger partial charge in [-0.3, -0.25) is 0 Å². The lowest BCUT2D eigenvalue weighted by Crippen LogP contribution is -2.48. The lowest BCUT2D eigenvalue weighted by Gasteiger charge is -2.25. The molecule has 0 saturated heterocycles. The fourth-order valence-electron chi connectivity index (χ4n) is 1.51. The summed E-state index contributed by atoms with van der Waals surface area (Å²) < 4.78 is 30.4. The van der Waals surface area contributed by atoms with E-state index in [0.29, 0.717) is 0 Å². The molecule has 10 heteroatoms. The van der Waals surface area contributed by atoms with Crippen molar-refractivity contribution in [3.63, 3.8) is 0 Å². The first-order chi connectivity index (χ1) is 9.47. The molecule has 0 saturated carbocycles. The lowest BCUT2D eigenvalue weighted by atomic mass is 10.1. The lowest BCUT2D eigenvalue weighted by molar-refractivity contribution is 0.222. The molecule has 8 nitrogen and oxygen atoms in total. The zero-order valence-electron chi connectivity index (χ0n) is 12.6. The quantitative estimate of drug-likeness (QED) is 0.765. The Hall–Kier alpha value is -1.19. The third kappa shape index (κ3) is 7.39. The number of aromatic nitrogens is 3. The van der Waals surface area contributed by atoms with Crippen molar-refractivity contribution < 1.29 is 13.2 Å². The van der Waals surface area contributed by atoms with Crippen LogP contribution in [0.5, 0.6) is 6.01 Å². The Morgan fingerprint density at radius 1 is 1.29 bits per heavy atom. The van der Waals surface area contributed by atoms with Crippen LogP contribution >= 0.6 is 11.6 Å². The number of rotatable bonds is 7. The Morgan fingerprint density at radius 2 is 1.90 bits per heavy atom. The normalized spacial score (nSPS) is 12.5. The van der Waals surface area contributed by atoms with E-state index in [-0.39, 0.29) is 29.9 Å². The predicted octanol–water partition coefficient (Wildman–Crippen LogP) is 1.05. The summed E-state index contributed by atoms with van der Waals surface area (Å²) in [5, 5.41) is 2.91. The highest BCUT2D eigenvalue weighted by Gasteiger charge is 2.22. The minimum Gasteiger partial charge on any atom is -0.461 e. The van der Waals surface area contributed by atoms with Crippen LogP contribution in [0.4, 0.5) is 5.95 Å². The van der Waals surface area contributed by atoms with Crippen LogP contribution in [-0.4, -0.2) is 47.8 Å². The van der Waals surface area contributed by atoms with Crippen molar-refractivity contribution in [3.8, 4) is 6.01 Å². The highest BCUT2D eigenvalue weighted by atomic mass is 35.5. The average Bonchev–Trinajstić information content (AvgIpc) is 2.21. The molecule has 21 heavy (non-hydrogen) atoms. The van der Waals surface area contributed by atoms with Crippen LogP contribution in [0.25, 0.3) is 0 Å². The summed E-state index contributed by atoms with van der Waals surface area (Å²) in [6, 6.07) is 0.112. The third-order valence-electron chi connectivity index (χ3n) is 2.08. The maximum Gasteiger partial charge on any atom is 0.322 e. The van der Waals surface area contributed by atoms with Gasteiger partial charge in [-0.25, -0.2) is 13.1 Å². The Morgan fingerprint density at radius 3 is 2.43 bits per heavy atom. The van der Waals surface area contributed by atoms with E-state index in [1.807, 2.05) is 13.8 Å². The Bertz CT molecular complexity index is 592. The summed E-state index contributed by atoms with van der Waals surface area (Å²) in [6.07, 6.45) is 1.00. The standard InChI is InChI=1S/C11H20ClN5O3S/c1-7(2)20-10-15-8(12)14-9(16-10)13-6-11(3,4)17-21(5,18)19/h7,17H,6H2,1-5H3,(H,13,14,15,16). The molecule has 0 radical (unpaired) electrons. The van der Waals surface area contributed by atoms with Gasteiger partial charge in [-0.1, -0.05) is 0 Å². The summed E-state index contributed by atoms with van der Waals surface area (Å²) in [5.74, 6) is 0.217. The smallest absolute Gasteiger partial charge is 0.322 e. The van der Waals surface area contributed by atoms with Crippen LogP contribution in [0.3, 0.4) is 0 Å². The zero-order valence-corrected chi connectivity index (χ0v) is 14.2. The van der Waals surface area contributed by atoms with Gasteiger partial charge in [0.2, 0.25) is 21.3 Å². The van der Waals surface area contributed by atoms with Gasteiger partial charge in [-0.2, -0.15) is 15.0 Å². The number of halogens is 1. The Balaban J connectivity index is 2.77. The molecular weight excluding hydrogens is 318 g/mol. The maximum atomic E-state index is 11.3. The van der Waals surface area contributed by atoms with E-state index in [1.54, 1.807) is 13.8 Å². The van der Waals surface area contributed by atoms with Crippen molar-refractivity contribution in [1.29, 1.82) is 0 Å². The molecule has 0 unspecified atom stereocenters. The molecule has 2 N–H and O–H groups in total. The van der Waals surface area contributed by atoms with Crippen LogP contribution in [-0.2, 0) is 10.0 Å². The number of ether oxygens (including phenoxy) is 1. The first-order valence-corrected chi connectivity index (χ1v) is 8.55. The van der Waals surface area contributed by atoms with E-state index in [2.05, 4.69) is 25.0 Å². The van der Waals surface area contributed by atoms with Crippen molar-refractivity contribution in [1.82, 2.24) is 19.7 Å². The fourth-order valence-corrected chi connectivity index (χ4v) is 2.74. The summed E-state index contributed by atoms with van der Waals surface area (Å²) in [4.78, 5) is 11.8.